The van der Waals surface area contributed by atoms with E-state index in [0.29, 0.717) is 36.8 Å². The van der Waals surface area contributed by atoms with Crippen molar-refractivity contribution >= 4 is 23.5 Å². The average molecular weight is 408 g/mol. The number of carbonyl (C=O) groups is 2. The van der Waals surface area contributed by atoms with E-state index in [9.17, 15) is 9.59 Å². The highest BCUT2D eigenvalue weighted by Crippen LogP contribution is 2.28. The third-order valence-electron chi connectivity index (χ3n) is 5.14. The summed E-state index contributed by atoms with van der Waals surface area (Å²) in [6.45, 7) is 6.87. The second-order valence-corrected chi connectivity index (χ2v) is 7.09. The van der Waals surface area contributed by atoms with E-state index in [2.05, 4.69) is 4.90 Å². The Balaban J connectivity index is 1.57. The summed E-state index contributed by atoms with van der Waals surface area (Å²) in [5.74, 6) is 1.40. The summed E-state index contributed by atoms with van der Waals surface area (Å²) in [5.41, 5.74) is 2.67. The number of amides is 1. The van der Waals surface area contributed by atoms with E-state index in [-0.39, 0.29) is 11.7 Å². The van der Waals surface area contributed by atoms with Crippen molar-refractivity contribution in [2.75, 3.05) is 44.8 Å². The number of benzene rings is 2. The molecule has 0 N–H and O–H groups in total. The van der Waals surface area contributed by atoms with Crippen molar-refractivity contribution in [2.24, 2.45) is 0 Å². The Morgan fingerprint density at radius 2 is 1.70 bits per heavy atom. The van der Waals surface area contributed by atoms with Crippen molar-refractivity contribution in [1.82, 2.24) is 4.90 Å². The van der Waals surface area contributed by atoms with E-state index >= 15 is 0 Å². The Hall–Kier alpha value is -3.28. The molecule has 0 atom stereocenters. The van der Waals surface area contributed by atoms with Crippen molar-refractivity contribution in [1.29, 1.82) is 0 Å². The number of methoxy groups -OCH3 is 1. The Bertz CT molecular complexity index is 913. The Morgan fingerprint density at radius 3 is 2.30 bits per heavy atom. The molecule has 0 aromatic heterocycles. The zero-order valence-corrected chi connectivity index (χ0v) is 17.8. The van der Waals surface area contributed by atoms with Crippen LogP contribution in [0.15, 0.2) is 48.5 Å². The average Bonchev–Trinajstić information content (AvgIpc) is 2.78. The van der Waals surface area contributed by atoms with E-state index in [0.717, 1.165) is 24.3 Å². The van der Waals surface area contributed by atoms with Crippen LogP contribution in [-0.2, 0) is 4.79 Å². The molecule has 0 radical (unpaired) electrons. The van der Waals surface area contributed by atoms with Crippen LogP contribution in [0.2, 0.25) is 0 Å². The maximum atomic E-state index is 12.6. The molecular weight excluding hydrogens is 380 g/mol. The molecule has 6 nitrogen and oxygen atoms in total. The molecule has 1 heterocycles. The van der Waals surface area contributed by atoms with Gasteiger partial charge >= 0.3 is 0 Å². The van der Waals surface area contributed by atoms with Crippen LogP contribution in [0.4, 0.5) is 5.69 Å². The lowest BCUT2D eigenvalue weighted by Crippen LogP contribution is -2.48. The summed E-state index contributed by atoms with van der Waals surface area (Å²) >= 11 is 0. The molecule has 2 aromatic carbocycles. The second kappa shape index (κ2) is 9.96. The van der Waals surface area contributed by atoms with Gasteiger partial charge in [0.05, 0.1) is 13.7 Å². The molecule has 158 valence electrons. The van der Waals surface area contributed by atoms with E-state index in [1.807, 2.05) is 54.3 Å². The SMILES string of the molecule is CCOc1cc(/C=C/C(=O)N2CCN(c3ccc(C(C)=O)cc3)CC2)ccc1OC. The van der Waals surface area contributed by atoms with Crippen molar-refractivity contribution in [3.05, 3.63) is 59.7 Å². The van der Waals surface area contributed by atoms with Gasteiger partial charge < -0.3 is 19.3 Å². The zero-order chi connectivity index (χ0) is 21.5. The lowest BCUT2D eigenvalue weighted by molar-refractivity contribution is -0.126. The van der Waals surface area contributed by atoms with E-state index in [4.69, 9.17) is 9.47 Å². The number of piperazine rings is 1. The Kier molecular flexibility index (Phi) is 7.12. The summed E-state index contributed by atoms with van der Waals surface area (Å²) in [6.07, 6.45) is 3.41. The first kappa shape index (κ1) is 21.4. The number of nitrogens with zero attached hydrogens (tertiary/aromatic N) is 2. The van der Waals surface area contributed by atoms with Crippen LogP contribution in [0.5, 0.6) is 11.5 Å². The highest BCUT2D eigenvalue weighted by atomic mass is 16.5. The Labute approximate surface area is 177 Å². The molecule has 6 heteroatoms. The molecule has 0 unspecified atom stereocenters. The number of Topliss-reactive ketones (excluding diaryl/α,β-unsaturated/α-hetero) is 1. The molecule has 0 saturated carbocycles. The summed E-state index contributed by atoms with van der Waals surface area (Å²) in [7, 11) is 1.61. The predicted molar refractivity (Wildman–Crippen MR) is 118 cm³/mol. The fraction of sp³-hybridized carbons (Fsp3) is 0.333. The highest BCUT2D eigenvalue weighted by molar-refractivity contribution is 5.94. The van der Waals surface area contributed by atoms with E-state index < -0.39 is 0 Å². The first-order valence-electron chi connectivity index (χ1n) is 10.2. The molecule has 2 aromatic rings. The number of ether oxygens (including phenoxy) is 2. The van der Waals surface area contributed by atoms with Gasteiger partial charge in [0.15, 0.2) is 17.3 Å². The minimum atomic E-state index is -0.00430. The van der Waals surface area contributed by atoms with Crippen molar-refractivity contribution in [2.45, 2.75) is 13.8 Å². The van der Waals surface area contributed by atoms with Gasteiger partial charge in [0.2, 0.25) is 5.91 Å². The minimum absolute atomic E-state index is 0.00430. The first-order valence-corrected chi connectivity index (χ1v) is 10.2. The summed E-state index contributed by atoms with van der Waals surface area (Å²) < 4.78 is 10.9. The van der Waals surface area contributed by atoms with Crippen molar-refractivity contribution in [3.8, 4) is 11.5 Å². The third kappa shape index (κ3) is 5.20. The number of carbonyl (C=O) groups excluding carboxylic acids is 2. The monoisotopic (exact) mass is 408 g/mol. The lowest BCUT2D eigenvalue weighted by atomic mass is 10.1. The molecular formula is C24H28N2O4. The number of hydrogen-bond acceptors (Lipinski definition) is 5. The van der Waals surface area contributed by atoms with Gasteiger partial charge in [-0.15, -0.1) is 0 Å². The van der Waals surface area contributed by atoms with Crippen molar-refractivity contribution < 1.29 is 19.1 Å². The van der Waals surface area contributed by atoms with E-state index in [1.54, 1.807) is 26.2 Å². The first-order chi connectivity index (χ1) is 14.5. The van der Waals surface area contributed by atoms with Crippen LogP contribution in [-0.4, -0.2) is 56.5 Å². The predicted octanol–water partition coefficient (Wildman–Crippen LogP) is 3.66. The number of hydrogen-bond donors (Lipinski definition) is 0. The van der Waals surface area contributed by atoms with Gasteiger partial charge in [0.1, 0.15) is 0 Å². The maximum absolute atomic E-state index is 12.6. The summed E-state index contributed by atoms with van der Waals surface area (Å²) in [5, 5.41) is 0. The largest absolute Gasteiger partial charge is 0.493 e. The zero-order valence-electron chi connectivity index (χ0n) is 17.8. The smallest absolute Gasteiger partial charge is 0.246 e. The van der Waals surface area contributed by atoms with Crippen molar-refractivity contribution in [3.63, 3.8) is 0 Å². The molecule has 1 aliphatic rings. The second-order valence-electron chi connectivity index (χ2n) is 7.09. The summed E-state index contributed by atoms with van der Waals surface area (Å²) in [4.78, 5) is 28.1. The molecule has 3 rings (SSSR count). The number of anilines is 1. The fourth-order valence-electron chi connectivity index (χ4n) is 3.43. The number of rotatable bonds is 7. The quantitative estimate of drug-likeness (QED) is 0.517. The molecule has 0 bridgehead atoms. The number of ketones is 1. The highest BCUT2D eigenvalue weighted by Gasteiger charge is 2.20. The molecule has 0 aliphatic carbocycles. The van der Waals surface area contributed by atoms with Gasteiger partial charge in [-0.05, 0) is 61.9 Å². The maximum Gasteiger partial charge on any atom is 0.246 e. The summed E-state index contributed by atoms with van der Waals surface area (Å²) in [6, 6.07) is 13.2. The van der Waals surface area contributed by atoms with Gasteiger partial charge in [-0.1, -0.05) is 6.07 Å². The van der Waals surface area contributed by atoms with Crippen LogP contribution in [0.1, 0.15) is 29.8 Å². The molecule has 1 fully saturated rings. The van der Waals surface area contributed by atoms with Gasteiger partial charge in [-0.3, -0.25) is 9.59 Å². The standard InChI is InChI=1S/C24H28N2O4/c1-4-30-23-17-19(5-11-22(23)29-3)6-12-24(28)26-15-13-25(14-16-26)21-9-7-20(8-10-21)18(2)27/h5-12,17H,4,13-16H2,1-3H3/b12-6+. The van der Waals surface area contributed by atoms with Crippen LogP contribution >= 0.6 is 0 Å². The normalized spacial score (nSPS) is 14.1. The van der Waals surface area contributed by atoms with Gasteiger partial charge in [0.25, 0.3) is 0 Å². The van der Waals surface area contributed by atoms with Crippen LogP contribution < -0.4 is 14.4 Å². The molecule has 1 saturated heterocycles. The molecule has 1 amide bonds. The van der Waals surface area contributed by atoms with Crippen LogP contribution in [0.25, 0.3) is 6.08 Å². The Morgan fingerprint density at radius 1 is 1.00 bits per heavy atom. The lowest BCUT2D eigenvalue weighted by Gasteiger charge is -2.35. The van der Waals surface area contributed by atoms with Crippen LogP contribution in [0.3, 0.4) is 0 Å². The van der Waals surface area contributed by atoms with Gasteiger partial charge in [0, 0.05) is 43.5 Å². The molecule has 30 heavy (non-hydrogen) atoms. The molecule has 1 aliphatic heterocycles. The molecule has 0 spiro atoms. The minimum Gasteiger partial charge on any atom is -0.493 e. The topological polar surface area (TPSA) is 59.1 Å². The fourth-order valence-corrected chi connectivity index (χ4v) is 3.43. The van der Waals surface area contributed by atoms with E-state index in [1.165, 1.54) is 0 Å². The van der Waals surface area contributed by atoms with Gasteiger partial charge in [-0.25, -0.2) is 0 Å². The van der Waals surface area contributed by atoms with Crippen LogP contribution in [0, 0.1) is 0 Å². The third-order valence-corrected chi connectivity index (χ3v) is 5.14. The van der Waals surface area contributed by atoms with Gasteiger partial charge in [-0.2, -0.15) is 0 Å².